The van der Waals surface area contributed by atoms with Crippen LogP contribution in [0.25, 0.3) is 0 Å². The van der Waals surface area contributed by atoms with Gasteiger partial charge in [0.1, 0.15) is 11.6 Å². The molecule has 0 heterocycles. The van der Waals surface area contributed by atoms with Crippen molar-refractivity contribution in [2.75, 3.05) is 0 Å². The summed E-state index contributed by atoms with van der Waals surface area (Å²) in [4.78, 5) is 12.0. The maximum atomic E-state index is 12.0. The van der Waals surface area contributed by atoms with E-state index in [2.05, 4.69) is 11.2 Å². The number of carbonyl (C=O) groups is 1. The van der Waals surface area contributed by atoms with Gasteiger partial charge in [0.25, 0.3) is 0 Å². The van der Waals surface area contributed by atoms with Gasteiger partial charge in [-0.05, 0) is 12.8 Å². The average molecular weight is 246 g/mol. The Kier molecular flexibility index (Phi) is 5.66. The molecule has 0 unspecified atom stereocenters. The van der Waals surface area contributed by atoms with Gasteiger partial charge in [-0.15, -0.1) is 6.42 Å². The standard InChI is InChI=1S/C15H22N2O/c1-7-15(8-2,9-3)17-11-12(10-16)13(18)14(4,5)6/h1,11,17H,8-9H2,2-6H3/b12-11-. The van der Waals surface area contributed by atoms with E-state index in [1.54, 1.807) is 20.8 Å². The van der Waals surface area contributed by atoms with Crippen LogP contribution in [-0.2, 0) is 4.79 Å². The molecule has 18 heavy (non-hydrogen) atoms. The van der Waals surface area contributed by atoms with E-state index in [0.29, 0.717) is 0 Å². The van der Waals surface area contributed by atoms with Crippen LogP contribution in [0.2, 0.25) is 0 Å². The van der Waals surface area contributed by atoms with Crippen LogP contribution in [0.15, 0.2) is 11.8 Å². The van der Waals surface area contributed by atoms with E-state index >= 15 is 0 Å². The summed E-state index contributed by atoms with van der Waals surface area (Å²) in [7, 11) is 0. The number of nitriles is 1. The molecule has 0 bridgehead atoms. The Bertz CT molecular complexity index is 409. The van der Waals surface area contributed by atoms with Gasteiger partial charge in [0.2, 0.25) is 0 Å². The van der Waals surface area contributed by atoms with E-state index in [9.17, 15) is 4.79 Å². The number of terminal acetylenes is 1. The maximum Gasteiger partial charge on any atom is 0.180 e. The molecule has 3 heteroatoms. The molecule has 0 radical (unpaired) electrons. The lowest BCUT2D eigenvalue weighted by atomic mass is 9.86. The summed E-state index contributed by atoms with van der Waals surface area (Å²) >= 11 is 0. The zero-order valence-electron chi connectivity index (χ0n) is 11.9. The second kappa shape index (κ2) is 6.26. The number of ketones is 1. The normalized spacial score (nSPS) is 12.5. The van der Waals surface area contributed by atoms with E-state index in [1.807, 2.05) is 19.9 Å². The highest BCUT2D eigenvalue weighted by Gasteiger charge is 2.27. The van der Waals surface area contributed by atoms with Gasteiger partial charge in [0.15, 0.2) is 5.78 Å². The summed E-state index contributed by atoms with van der Waals surface area (Å²) in [5.74, 6) is 2.51. The van der Waals surface area contributed by atoms with Crippen molar-refractivity contribution in [1.29, 1.82) is 5.26 Å². The molecule has 0 amide bonds. The summed E-state index contributed by atoms with van der Waals surface area (Å²) in [5, 5.41) is 12.1. The molecular weight excluding hydrogens is 224 g/mol. The Balaban J connectivity index is 5.14. The lowest BCUT2D eigenvalue weighted by Gasteiger charge is -2.26. The number of hydrogen-bond acceptors (Lipinski definition) is 3. The fraction of sp³-hybridized carbons (Fsp3) is 0.600. The molecule has 3 nitrogen and oxygen atoms in total. The van der Waals surface area contributed by atoms with Crippen molar-refractivity contribution in [3.05, 3.63) is 11.8 Å². The van der Waals surface area contributed by atoms with Gasteiger partial charge < -0.3 is 5.32 Å². The first-order valence-corrected chi connectivity index (χ1v) is 6.17. The number of nitrogens with zero attached hydrogens (tertiary/aromatic N) is 1. The Morgan fingerprint density at radius 1 is 1.33 bits per heavy atom. The zero-order chi connectivity index (χ0) is 14.4. The van der Waals surface area contributed by atoms with E-state index in [0.717, 1.165) is 12.8 Å². The minimum Gasteiger partial charge on any atom is -0.374 e. The smallest absolute Gasteiger partial charge is 0.180 e. The molecule has 0 fully saturated rings. The van der Waals surface area contributed by atoms with Crippen LogP contribution in [0.3, 0.4) is 0 Å². The highest BCUT2D eigenvalue weighted by Crippen LogP contribution is 2.20. The Morgan fingerprint density at radius 2 is 1.83 bits per heavy atom. The van der Waals surface area contributed by atoms with Crippen molar-refractivity contribution < 1.29 is 4.79 Å². The lowest BCUT2D eigenvalue weighted by molar-refractivity contribution is -0.122. The number of Topliss-reactive ketones (excluding diaryl/α,β-unsaturated/α-hetero) is 1. The molecule has 0 atom stereocenters. The number of carbonyl (C=O) groups excluding carboxylic acids is 1. The number of hydrogen-bond donors (Lipinski definition) is 1. The average Bonchev–Trinajstić information content (AvgIpc) is 2.34. The molecule has 0 aliphatic carbocycles. The van der Waals surface area contributed by atoms with Crippen LogP contribution in [0.4, 0.5) is 0 Å². The van der Waals surface area contributed by atoms with Crippen molar-refractivity contribution >= 4 is 5.78 Å². The van der Waals surface area contributed by atoms with Gasteiger partial charge in [-0.25, -0.2) is 0 Å². The van der Waals surface area contributed by atoms with Gasteiger partial charge in [0.05, 0.1) is 5.54 Å². The van der Waals surface area contributed by atoms with Gasteiger partial charge >= 0.3 is 0 Å². The highest BCUT2D eigenvalue weighted by atomic mass is 16.1. The molecule has 0 aromatic heterocycles. The molecule has 98 valence electrons. The Morgan fingerprint density at radius 3 is 2.11 bits per heavy atom. The van der Waals surface area contributed by atoms with Crippen molar-refractivity contribution in [3.63, 3.8) is 0 Å². The van der Waals surface area contributed by atoms with Crippen LogP contribution in [0, 0.1) is 29.1 Å². The van der Waals surface area contributed by atoms with Crippen LogP contribution < -0.4 is 5.32 Å². The van der Waals surface area contributed by atoms with Crippen molar-refractivity contribution in [2.45, 2.75) is 53.0 Å². The minimum atomic E-state index is -0.569. The van der Waals surface area contributed by atoms with Crippen molar-refractivity contribution in [1.82, 2.24) is 5.32 Å². The predicted molar refractivity (Wildman–Crippen MR) is 73.4 cm³/mol. The second-order valence-corrected chi connectivity index (χ2v) is 5.33. The Hall–Kier alpha value is -1.74. The van der Waals surface area contributed by atoms with E-state index < -0.39 is 11.0 Å². The summed E-state index contributed by atoms with van der Waals surface area (Å²) in [6.07, 6.45) is 8.44. The van der Waals surface area contributed by atoms with Gasteiger partial charge in [-0.3, -0.25) is 4.79 Å². The van der Waals surface area contributed by atoms with Crippen LogP contribution in [0.5, 0.6) is 0 Å². The lowest BCUT2D eigenvalue weighted by Crippen LogP contribution is -2.40. The minimum absolute atomic E-state index is 0.115. The first-order chi connectivity index (χ1) is 8.26. The van der Waals surface area contributed by atoms with Gasteiger partial charge in [-0.2, -0.15) is 5.26 Å². The molecule has 0 aliphatic heterocycles. The van der Waals surface area contributed by atoms with E-state index in [-0.39, 0.29) is 11.4 Å². The first-order valence-electron chi connectivity index (χ1n) is 6.17. The number of allylic oxidation sites excluding steroid dienone is 1. The van der Waals surface area contributed by atoms with Crippen molar-refractivity contribution in [3.8, 4) is 18.4 Å². The Labute approximate surface area is 110 Å². The van der Waals surface area contributed by atoms with Crippen molar-refractivity contribution in [2.24, 2.45) is 5.41 Å². The summed E-state index contributed by atoms with van der Waals surface area (Å²) in [5.41, 5.74) is -0.940. The molecule has 0 spiro atoms. The molecule has 0 rings (SSSR count). The van der Waals surface area contributed by atoms with Gasteiger partial charge in [0, 0.05) is 11.6 Å². The molecule has 0 saturated heterocycles. The molecule has 0 saturated carbocycles. The van der Waals surface area contributed by atoms with E-state index in [1.165, 1.54) is 6.20 Å². The molecule has 0 aromatic rings. The third-order valence-electron chi connectivity index (χ3n) is 3.02. The first kappa shape index (κ1) is 16.3. The quantitative estimate of drug-likeness (QED) is 0.461. The predicted octanol–water partition coefficient (Wildman–Crippen LogP) is 2.79. The third-order valence-corrected chi connectivity index (χ3v) is 3.02. The number of rotatable bonds is 5. The van der Waals surface area contributed by atoms with Gasteiger partial charge in [-0.1, -0.05) is 40.5 Å². The topological polar surface area (TPSA) is 52.9 Å². The SMILES string of the molecule is C#CC(CC)(CC)N/C=C(/C#N)C(=O)C(C)(C)C. The zero-order valence-corrected chi connectivity index (χ0v) is 11.9. The summed E-state index contributed by atoms with van der Waals surface area (Å²) < 4.78 is 0. The monoisotopic (exact) mass is 246 g/mol. The third kappa shape index (κ3) is 3.93. The fourth-order valence-corrected chi connectivity index (χ4v) is 1.46. The van der Waals surface area contributed by atoms with Crippen LogP contribution in [-0.4, -0.2) is 11.3 Å². The maximum absolute atomic E-state index is 12.0. The fourth-order valence-electron chi connectivity index (χ4n) is 1.46. The molecule has 1 N–H and O–H groups in total. The summed E-state index contributed by atoms with van der Waals surface area (Å²) in [6, 6.07) is 1.93. The second-order valence-electron chi connectivity index (χ2n) is 5.33. The summed E-state index contributed by atoms with van der Waals surface area (Å²) in [6.45, 7) is 9.31. The largest absolute Gasteiger partial charge is 0.374 e. The molecular formula is C15H22N2O. The van der Waals surface area contributed by atoms with Crippen LogP contribution in [0.1, 0.15) is 47.5 Å². The van der Waals surface area contributed by atoms with E-state index in [4.69, 9.17) is 11.7 Å². The highest BCUT2D eigenvalue weighted by molar-refractivity contribution is 6.02. The van der Waals surface area contributed by atoms with Crippen LogP contribution >= 0.6 is 0 Å². The number of nitrogens with one attached hydrogen (secondary N) is 1. The molecule has 0 aromatic carbocycles. The molecule has 0 aliphatic rings.